The molecule has 3 aromatic heterocycles. The lowest BCUT2D eigenvalue weighted by Crippen LogP contribution is -2.27. The van der Waals surface area contributed by atoms with Gasteiger partial charge in [0.05, 0.1) is 39.7 Å². The number of hydrogen-bond acceptors (Lipinski definition) is 6. The Morgan fingerprint density at radius 3 is 2.28 bits per heavy atom. The van der Waals surface area contributed by atoms with E-state index in [-0.39, 0.29) is 17.9 Å². The highest BCUT2D eigenvalue weighted by molar-refractivity contribution is 7.19. The first-order chi connectivity index (χ1) is 22.4. The van der Waals surface area contributed by atoms with Gasteiger partial charge in [-0.3, -0.25) is 9.36 Å². The minimum atomic E-state index is -0.513. The number of hydrogen-bond donors (Lipinski definition) is 0. The van der Waals surface area contributed by atoms with Crippen molar-refractivity contribution < 1.29 is 13.9 Å². The molecule has 0 atom stereocenters. The minimum absolute atomic E-state index is 0.0649. The Bertz CT molecular complexity index is 2020. The van der Waals surface area contributed by atoms with E-state index < -0.39 is 5.82 Å². The summed E-state index contributed by atoms with van der Waals surface area (Å²) in [6, 6.07) is 32.2. The number of aryl methyl sites for hydroxylation is 3. The molecule has 232 valence electrons. The van der Waals surface area contributed by atoms with Crippen LogP contribution in [0.1, 0.15) is 28.1 Å². The fourth-order valence-corrected chi connectivity index (χ4v) is 6.73. The van der Waals surface area contributed by atoms with Crippen molar-refractivity contribution in [2.24, 2.45) is 0 Å². The van der Waals surface area contributed by atoms with Crippen LogP contribution in [0.5, 0.6) is 5.75 Å². The molecule has 0 spiro atoms. The Balaban J connectivity index is 1.46. The van der Waals surface area contributed by atoms with Crippen LogP contribution in [0, 0.1) is 19.7 Å². The monoisotopic (exact) mass is 631 g/mol. The maximum Gasteiger partial charge on any atom is 0.262 e. The Morgan fingerprint density at radius 1 is 0.826 bits per heavy atom. The number of halogens is 1. The number of pyridine rings is 1. The molecule has 0 saturated heterocycles. The summed E-state index contributed by atoms with van der Waals surface area (Å²) in [4.78, 5) is 26.1. The first-order valence-corrected chi connectivity index (χ1v) is 15.9. The molecular weight excluding hydrogens is 598 g/mol. The number of aromatic nitrogens is 3. The average Bonchev–Trinajstić information content (AvgIpc) is 3.45. The zero-order valence-electron chi connectivity index (χ0n) is 26.0. The van der Waals surface area contributed by atoms with Crippen molar-refractivity contribution in [1.29, 1.82) is 0 Å². The first kappa shape index (κ1) is 31.1. The van der Waals surface area contributed by atoms with Gasteiger partial charge < -0.3 is 9.47 Å². The van der Waals surface area contributed by atoms with Gasteiger partial charge in [0.15, 0.2) is 11.6 Å². The lowest BCUT2D eigenvalue weighted by atomic mass is 10.1. The highest BCUT2D eigenvalue weighted by atomic mass is 32.1. The fourth-order valence-electron chi connectivity index (χ4n) is 5.50. The van der Waals surface area contributed by atoms with Gasteiger partial charge in [-0.15, -0.1) is 11.3 Å². The van der Waals surface area contributed by atoms with Crippen LogP contribution >= 0.6 is 11.3 Å². The molecule has 6 nitrogen and oxygen atoms in total. The number of benzene rings is 3. The summed E-state index contributed by atoms with van der Waals surface area (Å²) in [6.45, 7) is 4.80. The minimum Gasteiger partial charge on any atom is -0.485 e. The molecule has 0 bridgehead atoms. The summed E-state index contributed by atoms with van der Waals surface area (Å²) < 4.78 is 28.4. The molecule has 0 fully saturated rings. The second kappa shape index (κ2) is 14.0. The van der Waals surface area contributed by atoms with Crippen molar-refractivity contribution in [2.45, 2.75) is 40.0 Å². The summed E-state index contributed by atoms with van der Waals surface area (Å²) in [5.41, 5.74) is 5.99. The molecule has 0 radical (unpaired) electrons. The quantitative estimate of drug-likeness (QED) is 0.144. The van der Waals surface area contributed by atoms with E-state index in [0.29, 0.717) is 42.2 Å². The van der Waals surface area contributed by atoms with E-state index >= 15 is 4.39 Å². The fraction of sp³-hybridized carbons (Fsp3) is 0.184. The Kier molecular flexibility index (Phi) is 9.47. The van der Waals surface area contributed by atoms with Crippen molar-refractivity contribution >= 4 is 11.3 Å². The van der Waals surface area contributed by atoms with E-state index in [2.05, 4.69) is 0 Å². The van der Waals surface area contributed by atoms with Crippen LogP contribution in [0.4, 0.5) is 4.39 Å². The smallest absolute Gasteiger partial charge is 0.262 e. The zero-order chi connectivity index (χ0) is 32.0. The summed E-state index contributed by atoms with van der Waals surface area (Å²) in [6.07, 6.45) is 0.596. The molecule has 6 aromatic rings. The molecule has 6 rings (SSSR count). The Hall–Kier alpha value is -4.92. The summed E-state index contributed by atoms with van der Waals surface area (Å²) >= 11 is 1.52. The van der Waals surface area contributed by atoms with Crippen molar-refractivity contribution in [3.05, 3.63) is 147 Å². The normalized spacial score (nSPS) is 11.1. The lowest BCUT2D eigenvalue weighted by molar-refractivity contribution is 0.181. The topological polar surface area (TPSA) is 66.2 Å². The Labute approximate surface area is 271 Å². The number of nitrogens with zero attached hydrogens (tertiary/aromatic N) is 3. The molecule has 8 heteroatoms. The number of para-hydroxylation sites is 1. The van der Waals surface area contributed by atoms with Crippen LogP contribution in [-0.4, -0.2) is 21.6 Å². The second-order valence-electron chi connectivity index (χ2n) is 11.0. The summed E-state index contributed by atoms with van der Waals surface area (Å²) in [5, 5.41) is 0. The first-order valence-electron chi connectivity index (χ1n) is 15.1. The van der Waals surface area contributed by atoms with Crippen molar-refractivity contribution in [1.82, 2.24) is 14.5 Å². The molecule has 0 N–H and O–H groups in total. The van der Waals surface area contributed by atoms with Gasteiger partial charge in [0.2, 0.25) is 0 Å². The van der Waals surface area contributed by atoms with Crippen LogP contribution in [-0.2, 0) is 30.9 Å². The van der Waals surface area contributed by atoms with E-state index in [4.69, 9.17) is 19.4 Å². The third-order valence-corrected chi connectivity index (χ3v) is 9.02. The van der Waals surface area contributed by atoms with Crippen molar-refractivity contribution in [2.75, 3.05) is 7.11 Å². The number of rotatable bonds is 11. The largest absolute Gasteiger partial charge is 0.485 e. The SMILES string of the molecule is COCc1cccc(-c2sc(-c3c(C)nc(-c4cccc(F)c4OCc4ccccc4)n(CCc4ccccc4)c3=O)cc2C)n1. The predicted octanol–water partition coefficient (Wildman–Crippen LogP) is 8.42. The lowest BCUT2D eigenvalue weighted by Gasteiger charge is -2.18. The predicted molar refractivity (Wildman–Crippen MR) is 182 cm³/mol. The molecule has 0 unspecified atom stereocenters. The van der Waals surface area contributed by atoms with E-state index in [1.165, 1.54) is 17.4 Å². The van der Waals surface area contributed by atoms with E-state index in [9.17, 15) is 4.79 Å². The number of ether oxygens (including phenoxy) is 2. The van der Waals surface area contributed by atoms with Gasteiger partial charge in [0.25, 0.3) is 5.56 Å². The molecule has 3 heterocycles. The molecule has 0 aliphatic rings. The van der Waals surface area contributed by atoms with Crippen LogP contribution < -0.4 is 10.3 Å². The highest BCUT2D eigenvalue weighted by Crippen LogP contribution is 2.38. The van der Waals surface area contributed by atoms with E-state index in [1.807, 2.05) is 98.8 Å². The van der Waals surface area contributed by atoms with Crippen LogP contribution in [0.3, 0.4) is 0 Å². The molecule has 46 heavy (non-hydrogen) atoms. The summed E-state index contributed by atoms with van der Waals surface area (Å²) in [7, 11) is 1.65. The third-order valence-electron chi connectivity index (χ3n) is 7.75. The molecule has 0 aliphatic heterocycles. The maximum atomic E-state index is 15.4. The third kappa shape index (κ3) is 6.68. The van der Waals surface area contributed by atoms with Gasteiger partial charge in [0, 0.05) is 18.5 Å². The van der Waals surface area contributed by atoms with Gasteiger partial charge in [-0.2, -0.15) is 0 Å². The van der Waals surface area contributed by atoms with E-state index in [1.54, 1.807) is 23.8 Å². The molecule has 0 amide bonds. The van der Waals surface area contributed by atoms with Gasteiger partial charge in [-0.1, -0.05) is 72.8 Å². The number of methoxy groups -OCH3 is 1. The maximum absolute atomic E-state index is 15.4. The average molecular weight is 632 g/mol. The van der Waals surface area contributed by atoms with Gasteiger partial charge in [0.1, 0.15) is 12.4 Å². The zero-order valence-corrected chi connectivity index (χ0v) is 26.8. The second-order valence-corrected chi connectivity index (χ2v) is 12.1. The van der Waals surface area contributed by atoms with Gasteiger partial charge >= 0.3 is 0 Å². The van der Waals surface area contributed by atoms with Crippen LogP contribution in [0.15, 0.2) is 108 Å². The highest BCUT2D eigenvalue weighted by Gasteiger charge is 2.23. The molecule has 0 saturated carbocycles. The molecule has 3 aromatic carbocycles. The van der Waals surface area contributed by atoms with Gasteiger partial charge in [-0.05, 0) is 67.3 Å². The molecular formula is C38H34FN3O3S. The van der Waals surface area contributed by atoms with Crippen molar-refractivity contribution in [3.63, 3.8) is 0 Å². The van der Waals surface area contributed by atoms with Crippen LogP contribution in [0.25, 0.3) is 32.4 Å². The Morgan fingerprint density at radius 2 is 1.54 bits per heavy atom. The van der Waals surface area contributed by atoms with Crippen molar-refractivity contribution in [3.8, 4) is 38.1 Å². The number of thiophene rings is 1. The molecule has 0 aliphatic carbocycles. The standard InChI is InChI=1S/C38H34FN3O3S/c1-25-22-33(46-36(25)32-19-10-16-29(41-32)24-44-3)34-26(2)40-37(42(38(34)43)21-20-27-12-6-4-7-13-27)30-17-11-18-31(39)35(30)45-23-28-14-8-5-9-15-28/h4-19,22H,20-21,23-24H2,1-3H3. The van der Waals surface area contributed by atoms with E-state index in [0.717, 1.165) is 37.8 Å². The van der Waals surface area contributed by atoms with Crippen LogP contribution in [0.2, 0.25) is 0 Å². The van der Waals surface area contributed by atoms with Gasteiger partial charge in [-0.25, -0.2) is 14.4 Å². The summed E-state index contributed by atoms with van der Waals surface area (Å²) in [5.74, 6) is -0.0805.